The average Bonchev–Trinajstić information content (AvgIpc) is 2.27. The molecular weight excluding hydrogens is 268 g/mol. The van der Waals surface area contributed by atoms with Crippen molar-refractivity contribution in [2.75, 3.05) is 5.73 Å². The average molecular weight is 279 g/mol. The zero-order chi connectivity index (χ0) is 11.4. The molecular formula is C12H11BrN2O. The first-order valence-corrected chi connectivity index (χ1v) is 5.63. The van der Waals surface area contributed by atoms with E-state index in [0.29, 0.717) is 12.4 Å². The number of nitrogen functional groups attached to an aromatic ring is 1. The summed E-state index contributed by atoms with van der Waals surface area (Å²) >= 11 is 3.38. The second kappa shape index (κ2) is 4.99. The van der Waals surface area contributed by atoms with Crippen molar-refractivity contribution >= 4 is 21.7 Å². The third-order valence-electron chi connectivity index (χ3n) is 2.01. The smallest absolute Gasteiger partial charge is 0.130 e. The summed E-state index contributed by atoms with van der Waals surface area (Å²) in [6.07, 6.45) is 0. The Balaban J connectivity index is 2.02. The second-order valence-corrected chi connectivity index (χ2v) is 4.22. The summed E-state index contributed by atoms with van der Waals surface area (Å²) in [6, 6.07) is 13.2. The van der Waals surface area contributed by atoms with Crippen molar-refractivity contribution in [1.82, 2.24) is 4.98 Å². The van der Waals surface area contributed by atoms with E-state index in [1.165, 1.54) is 0 Å². The van der Waals surface area contributed by atoms with Crippen molar-refractivity contribution in [3.8, 4) is 5.75 Å². The molecule has 3 nitrogen and oxygen atoms in total. The van der Waals surface area contributed by atoms with Crippen LogP contribution in [0.15, 0.2) is 46.9 Å². The summed E-state index contributed by atoms with van der Waals surface area (Å²) in [5, 5.41) is 0. The highest BCUT2D eigenvalue weighted by Crippen LogP contribution is 2.18. The molecule has 0 amide bonds. The molecule has 2 rings (SSSR count). The molecule has 0 aliphatic heterocycles. The lowest BCUT2D eigenvalue weighted by Crippen LogP contribution is -2.00. The van der Waals surface area contributed by atoms with Crippen LogP contribution in [-0.4, -0.2) is 4.98 Å². The van der Waals surface area contributed by atoms with Gasteiger partial charge in [-0.25, -0.2) is 4.98 Å². The molecule has 1 aromatic heterocycles. The zero-order valence-corrected chi connectivity index (χ0v) is 10.1. The van der Waals surface area contributed by atoms with Gasteiger partial charge in [-0.05, 0) is 30.3 Å². The van der Waals surface area contributed by atoms with Gasteiger partial charge in [0.15, 0.2) is 0 Å². The summed E-state index contributed by atoms with van der Waals surface area (Å²) in [7, 11) is 0. The summed E-state index contributed by atoms with van der Waals surface area (Å²) < 4.78 is 6.57. The second-order valence-electron chi connectivity index (χ2n) is 3.30. The van der Waals surface area contributed by atoms with Gasteiger partial charge in [0.25, 0.3) is 0 Å². The lowest BCUT2D eigenvalue weighted by atomic mass is 10.3. The van der Waals surface area contributed by atoms with E-state index in [-0.39, 0.29) is 0 Å². The number of hydrogen-bond donors (Lipinski definition) is 1. The minimum atomic E-state index is 0.418. The number of rotatable bonds is 3. The van der Waals surface area contributed by atoms with Gasteiger partial charge >= 0.3 is 0 Å². The Morgan fingerprint density at radius 3 is 2.75 bits per heavy atom. The van der Waals surface area contributed by atoms with Crippen LogP contribution in [-0.2, 0) is 6.61 Å². The molecule has 16 heavy (non-hydrogen) atoms. The summed E-state index contributed by atoms with van der Waals surface area (Å²) in [5.74, 6) is 1.31. The van der Waals surface area contributed by atoms with Crippen molar-refractivity contribution < 1.29 is 4.74 Å². The van der Waals surface area contributed by atoms with Crippen LogP contribution >= 0.6 is 15.9 Å². The van der Waals surface area contributed by atoms with Gasteiger partial charge in [0.05, 0.1) is 5.69 Å². The van der Waals surface area contributed by atoms with E-state index in [4.69, 9.17) is 10.5 Å². The Morgan fingerprint density at radius 1 is 1.19 bits per heavy atom. The summed E-state index contributed by atoms with van der Waals surface area (Å²) in [6.45, 7) is 0.418. The molecule has 0 aliphatic carbocycles. The van der Waals surface area contributed by atoms with E-state index in [1.54, 1.807) is 6.07 Å². The van der Waals surface area contributed by atoms with Crippen LogP contribution < -0.4 is 10.5 Å². The Labute approximate surface area is 102 Å². The van der Waals surface area contributed by atoms with Crippen LogP contribution in [0.25, 0.3) is 0 Å². The summed E-state index contributed by atoms with van der Waals surface area (Å²) in [5.41, 5.74) is 6.40. The van der Waals surface area contributed by atoms with E-state index in [9.17, 15) is 0 Å². The van der Waals surface area contributed by atoms with Crippen molar-refractivity contribution in [3.05, 3.63) is 52.6 Å². The molecule has 0 saturated carbocycles. The minimum Gasteiger partial charge on any atom is -0.487 e. The predicted octanol–water partition coefficient (Wildman–Crippen LogP) is 3.01. The van der Waals surface area contributed by atoms with E-state index in [0.717, 1.165) is 15.9 Å². The maximum atomic E-state index is 5.58. The number of hydrogen-bond acceptors (Lipinski definition) is 3. The Morgan fingerprint density at radius 2 is 2.00 bits per heavy atom. The highest BCUT2D eigenvalue weighted by molar-refractivity contribution is 9.10. The first-order chi connectivity index (χ1) is 7.74. The molecule has 0 unspecified atom stereocenters. The third kappa shape index (κ3) is 2.97. The van der Waals surface area contributed by atoms with Gasteiger partial charge in [-0.1, -0.05) is 28.1 Å². The molecule has 0 bridgehead atoms. The molecule has 0 radical (unpaired) electrons. The Hall–Kier alpha value is -1.55. The molecule has 0 spiro atoms. The monoisotopic (exact) mass is 278 g/mol. The first kappa shape index (κ1) is 11.0. The van der Waals surface area contributed by atoms with E-state index >= 15 is 0 Å². The van der Waals surface area contributed by atoms with Crippen LogP contribution in [0.1, 0.15) is 5.69 Å². The SMILES string of the molecule is Nc1cccc(COc2cccc(Br)c2)n1. The molecule has 1 aromatic carbocycles. The molecule has 0 saturated heterocycles. The molecule has 0 fully saturated rings. The number of pyridine rings is 1. The fourth-order valence-corrected chi connectivity index (χ4v) is 1.67. The molecule has 0 aliphatic rings. The van der Waals surface area contributed by atoms with E-state index < -0.39 is 0 Å². The Bertz CT molecular complexity index is 442. The topological polar surface area (TPSA) is 48.1 Å². The third-order valence-corrected chi connectivity index (χ3v) is 2.50. The lowest BCUT2D eigenvalue weighted by Gasteiger charge is -2.06. The number of ether oxygens (including phenoxy) is 1. The highest BCUT2D eigenvalue weighted by Gasteiger charge is 1.98. The fourth-order valence-electron chi connectivity index (χ4n) is 1.29. The van der Waals surface area contributed by atoms with Gasteiger partial charge < -0.3 is 10.5 Å². The highest BCUT2D eigenvalue weighted by atomic mass is 79.9. The molecule has 82 valence electrons. The number of nitrogens with zero attached hydrogens (tertiary/aromatic N) is 1. The Kier molecular flexibility index (Phi) is 3.41. The fraction of sp³-hybridized carbons (Fsp3) is 0.0833. The van der Waals surface area contributed by atoms with Crippen LogP contribution in [0.5, 0.6) is 5.75 Å². The number of anilines is 1. The van der Waals surface area contributed by atoms with Crippen LogP contribution in [0.2, 0.25) is 0 Å². The lowest BCUT2D eigenvalue weighted by molar-refractivity contribution is 0.301. The van der Waals surface area contributed by atoms with Gasteiger partial charge in [0.2, 0.25) is 0 Å². The zero-order valence-electron chi connectivity index (χ0n) is 8.56. The van der Waals surface area contributed by atoms with Gasteiger partial charge in [-0.15, -0.1) is 0 Å². The van der Waals surface area contributed by atoms with Gasteiger partial charge in [-0.3, -0.25) is 0 Å². The number of halogens is 1. The minimum absolute atomic E-state index is 0.418. The molecule has 2 aromatic rings. The van der Waals surface area contributed by atoms with Gasteiger partial charge in [-0.2, -0.15) is 0 Å². The first-order valence-electron chi connectivity index (χ1n) is 4.84. The summed E-state index contributed by atoms with van der Waals surface area (Å²) in [4.78, 5) is 4.15. The van der Waals surface area contributed by atoms with E-state index in [2.05, 4.69) is 20.9 Å². The molecule has 4 heteroatoms. The van der Waals surface area contributed by atoms with Gasteiger partial charge in [0.1, 0.15) is 18.2 Å². The quantitative estimate of drug-likeness (QED) is 0.939. The van der Waals surface area contributed by atoms with Crippen LogP contribution in [0, 0.1) is 0 Å². The maximum absolute atomic E-state index is 5.58. The van der Waals surface area contributed by atoms with Crippen LogP contribution in [0.4, 0.5) is 5.82 Å². The number of aromatic nitrogens is 1. The standard InChI is InChI=1S/C12H11BrN2O/c13-9-3-1-5-11(7-9)16-8-10-4-2-6-12(14)15-10/h1-7H,8H2,(H2,14,15). The molecule has 0 atom stereocenters. The van der Waals surface area contributed by atoms with Gasteiger partial charge in [0, 0.05) is 4.47 Å². The number of benzene rings is 1. The van der Waals surface area contributed by atoms with E-state index in [1.807, 2.05) is 36.4 Å². The van der Waals surface area contributed by atoms with Crippen LogP contribution in [0.3, 0.4) is 0 Å². The molecule has 2 N–H and O–H groups in total. The number of nitrogens with two attached hydrogens (primary N) is 1. The van der Waals surface area contributed by atoms with Crippen molar-refractivity contribution in [2.24, 2.45) is 0 Å². The van der Waals surface area contributed by atoms with Crippen molar-refractivity contribution in [1.29, 1.82) is 0 Å². The largest absolute Gasteiger partial charge is 0.487 e. The predicted molar refractivity (Wildman–Crippen MR) is 67.1 cm³/mol. The normalized spacial score (nSPS) is 10.1. The van der Waals surface area contributed by atoms with Crippen molar-refractivity contribution in [2.45, 2.75) is 6.61 Å². The molecule has 1 heterocycles. The maximum Gasteiger partial charge on any atom is 0.130 e. The van der Waals surface area contributed by atoms with Crippen molar-refractivity contribution in [3.63, 3.8) is 0 Å².